The van der Waals surface area contributed by atoms with E-state index in [1.54, 1.807) is 13.0 Å². The van der Waals surface area contributed by atoms with Crippen molar-refractivity contribution in [3.63, 3.8) is 0 Å². The van der Waals surface area contributed by atoms with Crippen LogP contribution in [0.5, 0.6) is 0 Å². The topological polar surface area (TPSA) is 62.5 Å². The lowest BCUT2D eigenvalue weighted by atomic mass is 10.1. The molecule has 100 valence electrons. The molecule has 1 aromatic carbocycles. The predicted molar refractivity (Wildman–Crippen MR) is 73.6 cm³/mol. The third kappa shape index (κ3) is 3.16. The number of anilines is 1. The van der Waals surface area contributed by atoms with Crippen molar-refractivity contribution in [2.75, 3.05) is 5.32 Å². The maximum absolute atomic E-state index is 10.8. The minimum Gasteiger partial charge on any atom is -0.475 e. The van der Waals surface area contributed by atoms with E-state index in [1.807, 2.05) is 12.1 Å². The Kier molecular flexibility index (Phi) is 3.90. The highest BCUT2D eigenvalue weighted by Crippen LogP contribution is 2.17. The second kappa shape index (κ2) is 5.61. The Bertz CT molecular complexity index is 570. The van der Waals surface area contributed by atoms with E-state index in [0.29, 0.717) is 12.3 Å². The minimum absolute atomic E-state index is 0.0179. The Morgan fingerprint density at radius 1 is 1.32 bits per heavy atom. The highest BCUT2D eigenvalue weighted by Gasteiger charge is 2.12. The van der Waals surface area contributed by atoms with E-state index in [4.69, 9.17) is 9.52 Å². The number of carboxylic acid groups (broad SMARTS) is 1. The van der Waals surface area contributed by atoms with E-state index < -0.39 is 5.97 Å². The van der Waals surface area contributed by atoms with E-state index in [9.17, 15) is 4.79 Å². The Morgan fingerprint density at radius 3 is 2.53 bits per heavy atom. The van der Waals surface area contributed by atoms with Gasteiger partial charge in [0.1, 0.15) is 5.76 Å². The molecule has 0 saturated carbocycles. The molecule has 0 fully saturated rings. The van der Waals surface area contributed by atoms with Gasteiger partial charge >= 0.3 is 5.97 Å². The highest BCUT2D eigenvalue weighted by molar-refractivity contribution is 5.84. The number of benzene rings is 1. The summed E-state index contributed by atoms with van der Waals surface area (Å²) in [6.07, 6.45) is 1.02. The van der Waals surface area contributed by atoms with Crippen LogP contribution in [0.15, 0.2) is 34.7 Å². The molecule has 0 bridgehead atoms. The molecule has 1 heterocycles. The molecule has 0 aliphatic heterocycles. The van der Waals surface area contributed by atoms with Gasteiger partial charge in [-0.3, -0.25) is 0 Å². The van der Waals surface area contributed by atoms with Crippen LogP contribution in [0.4, 0.5) is 5.69 Å². The van der Waals surface area contributed by atoms with Gasteiger partial charge in [-0.15, -0.1) is 0 Å². The van der Waals surface area contributed by atoms with Crippen LogP contribution in [0.1, 0.15) is 34.4 Å². The maximum atomic E-state index is 10.8. The number of rotatable bonds is 5. The quantitative estimate of drug-likeness (QED) is 0.863. The molecule has 4 nitrogen and oxygen atoms in total. The Labute approximate surface area is 112 Å². The summed E-state index contributed by atoms with van der Waals surface area (Å²) in [5.41, 5.74) is 3.16. The number of hydrogen-bond donors (Lipinski definition) is 2. The monoisotopic (exact) mass is 259 g/mol. The van der Waals surface area contributed by atoms with Crippen molar-refractivity contribution in [1.29, 1.82) is 0 Å². The summed E-state index contributed by atoms with van der Waals surface area (Å²) >= 11 is 0. The van der Waals surface area contributed by atoms with Gasteiger partial charge in [-0.1, -0.05) is 19.1 Å². The number of nitrogens with one attached hydrogen (secondary N) is 1. The zero-order valence-corrected chi connectivity index (χ0v) is 11.1. The van der Waals surface area contributed by atoms with Gasteiger partial charge in [-0.05, 0) is 37.1 Å². The molecule has 1 aromatic heterocycles. The molecule has 4 heteroatoms. The van der Waals surface area contributed by atoms with Crippen molar-refractivity contribution >= 4 is 11.7 Å². The van der Waals surface area contributed by atoms with E-state index in [0.717, 1.165) is 17.7 Å². The summed E-state index contributed by atoms with van der Waals surface area (Å²) in [5.74, 6) is -0.424. The van der Waals surface area contributed by atoms with Crippen molar-refractivity contribution in [3.8, 4) is 0 Å². The first-order valence-corrected chi connectivity index (χ1v) is 6.25. The van der Waals surface area contributed by atoms with Crippen LogP contribution in [0.3, 0.4) is 0 Å². The van der Waals surface area contributed by atoms with Crippen LogP contribution >= 0.6 is 0 Å². The second-order valence-corrected chi connectivity index (χ2v) is 4.40. The van der Waals surface area contributed by atoms with Gasteiger partial charge in [0, 0.05) is 17.8 Å². The fraction of sp³-hybridized carbons (Fsp3) is 0.267. The summed E-state index contributed by atoms with van der Waals surface area (Å²) in [6.45, 7) is 4.43. The third-order valence-electron chi connectivity index (χ3n) is 3.08. The van der Waals surface area contributed by atoms with Gasteiger partial charge in [0.25, 0.3) is 0 Å². The van der Waals surface area contributed by atoms with Crippen LogP contribution in [0.2, 0.25) is 0 Å². The summed E-state index contributed by atoms with van der Waals surface area (Å²) in [4.78, 5) is 10.8. The molecule has 2 rings (SSSR count). The Balaban J connectivity index is 2.03. The first kappa shape index (κ1) is 13.2. The predicted octanol–water partition coefficient (Wildman–Crippen LogP) is 3.46. The zero-order valence-electron chi connectivity index (χ0n) is 11.1. The number of carbonyl (C=O) groups is 1. The van der Waals surface area contributed by atoms with E-state index in [2.05, 4.69) is 24.4 Å². The molecule has 0 aliphatic carbocycles. The molecular formula is C15H17NO3. The molecular weight excluding hydrogens is 242 g/mol. The van der Waals surface area contributed by atoms with Crippen molar-refractivity contribution in [1.82, 2.24) is 0 Å². The van der Waals surface area contributed by atoms with Crippen LogP contribution in [0, 0.1) is 6.92 Å². The van der Waals surface area contributed by atoms with Crippen LogP contribution in [-0.4, -0.2) is 11.1 Å². The lowest BCUT2D eigenvalue weighted by Crippen LogP contribution is -1.99. The number of aryl methyl sites for hydroxylation is 2. The maximum Gasteiger partial charge on any atom is 0.371 e. The highest BCUT2D eigenvalue weighted by atomic mass is 16.4. The number of hydrogen-bond acceptors (Lipinski definition) is 3. The molecule has 0 aliphatic rings. The average Bonchev–Trinajstić information content (AvgIpc) is 2.79. The fourth-order valence-corrected chi connectivity index (χ4v) is 1.86. The van der Waals surface area contributed by atoms with Crippen LogP contribution in [-0.2, 0) is 13.0 Å². The molecule has 2 aromatic rings. The van der Waals surface area contributed by atoms with Gasteiger partial charge < -0.3 is 14.8 Å². The van der Waals surface area contributed by atoms with Crippen molar-refractivity contribution in [2.24, 2.45) is 0 Å². The fourth-order valence-electron chi connectivity index (χ4n) is 1.86. The smallest absolute Gasteiger partial charge is 0.371 e. The molecule has 0 spiro atoms. The molecule has 0 unspecified atom stereocenters. The summed E-state index contributed by atoms with van der Waals surface area (Å²) in [5, 5.41) is 12.1. The Hall–Kier alpha value is -2.23. The van der Waals surface area contributed by atoms with Crippen molar-refractivity contribution < 1.29 is 14.3 Å². The molecule has 0 radical (unpaired) electrons. The largest absolute Gasteiger partial charge is 0.475 e. The summed E-state index contributed by atoms with van der Waals surface area (Å²) in [7, 11) is 0. The van der Waals surface area contributed by atoms with Crippen LogP contribution < -0.4 is 5.32 Å². The first-order valence-electron chi connectivity index (χ1n) is 6.25. The summed E-state index contributed by atoms with van der Waals surface area (Å²) in [6, 6.07) is 9.75. The van der Waals surface area contributed by atoms with Crippen molar-refractivity contribution in [3.05, 3.63) is 53.0 Å². The average molecular weight is 259 g/mol. The minimum atomic E-state index is -1.04. The number of carboxylic acids is 1. The van der Waals surface area contributed by atoms with Gasteiger partial charge in [0.2, 0.25) is 5.76 Å². The van der Waals surface area contributed by atoms with Crippen LogP contribution in [0.25, 0.3) is 0 Å². The molecule has 0 amide bonds. The first-order chi connectivity index (χ1) is 9.10. The van der Waals surface area contributed by atoms with Gasteiger partial charge in [-0.25, -0.2) is 4.79 Å². The number of aromatic carboxylic acids is 1. The van der Waals surface area contributed by atoms with E-state index in [-0.39, 0.29) is 5.76 Å². The lowest BCUT2D eigenvalue weighted by Gasteiger charge is -2.06. The normalized spacial score (nSPS) is 10.4. The molecule has 0 atom stereocenters. The standard InChI is InChI=1S/C15H17NO3/c1-3-11-4-6-13(7-5-11)16-9-12-8-14(15(17)18)19-10(12)2/h4-8,16H,3,9H2,1-2H3,(H,17,18). The molecule has 2 N–H and O–H groups in total. The van der Waals surface area contributed by atoms with Crippen molar-refractivity contribution in [2.45, 2.75) is 26.8 Å². The Morgan fingerprint density at radius 2 is 2.00 bits per heavy atom. The number of furan rings is 1. The second-order valence-electron chi connectivity index (χ2n) is 4.40. The van der Waals surface area contributed by atoms with Gasteiger partial charge in [-0.2, -0.15) is 0 Å². The summed E-state index contributed by atoms with van der Waals surface area (Å²) < 4.78 is 5.16. The molecule has 19 heavy (non-hydrogen) atoms. The third-order valence-corrected chi connectivity index (χ3v) is 3.08. The van der Waals surface area contributed by atoms with E-state index >= 15 is 0 Å². The van der Waals surface area contributed by atoms with E-state index in [1.165, 1.54) is 5.56 Å². The molecule has 0 saturated heterocycles. The van der Waals surface area contributed by atoms with Gasteiger partial charge in [0.15, 0.2) is 0 Å². The lowest BCUT2D eigenvalue weighted by molar-refractivity contribution is 0.0661. The zero-order chi connectivity index (χ0) is 13.8. The van der Waals surface area contributed by atoms with Gasteiger partial charge in [0.05, 0.1) is 0 Å². The SMILES string of the molecule is CCc1ccc(NCc2cc(C(=O)O)oc2C)cc1.